The molecule has 0 saturated carbocycles. The van der Waals surface area contributed by atoms with Gasteiger partial charge in [0.05, 0.1) is 18.8 Å². The van der Waals surface area contributed by atoms with E-state index in [1.807, 2.05) is 0 Å². The maximum atomic E-state index is 11.0. The zero-order chi connectivity index (χ0) is 16.4. The third-order valence-corrected chi connectivity index (χ3v) is 8.89. The second-order valence-electron chi connectivity index (χ2n) is 7.25. The molecule has 1 fully saturated rings. The molecule has 7 heteroatoms. The molecular formula is C14H29NO5Si. The molecule has 0 aliphatic carbocycles. The predicted octanol–water partition coefficient (Wildman–Crippen LogP) is 0.981. The van der Waals surface area contributed by atoms with Crippen molar-refractivity contribution in [2.24, 2.45) is 0 Å². The summed E-state index contributed by atoms with van der Waals surface area (Å²) < 4.78 is 11.4. The van der Waals surface area contributed by atoms with Gasteiger partial charge < -0.3 is 24.7 Å². The zero-order valence-corrected chi connectivity index (χ0v) is 14.8. The van der Waals surface area contributed by atoms with E-state index in [0.29, 0.717) is 0 Å². The third-order valence-electron chi connectivity index (χ3n) is 4.39. The number of carbonyl (C=O) groups is 1. The standard InChI is InChI=1S/C14H29NO5Si/c1-9(16)15-10-7-11(17)12(20-13(10)18)8-19-21(5,6)14(2,3)4/h10-13,17-18H,7-8H2,1-6H3,(H,15,16)/t10-,11+,12-,13+/m1/s1. The maximum absolute atomic E-state index is 11.0. The molecule has 1 saturated heterocycles. The quantitative estimate of drug-likeness (QED) is 0.672. The fraction of sp³-hybridized carbons (Fsp3) is 0.929. The van der Waals surface area contributed by atoms with Crippen LogP contribution in [0.25, 0.3) is 0 Å². The first-order chi connectivity index (χ1) is 9.44. The molecule has 4 atom stereocenters. The second-order valence-corrected chi connectivity index (χ2v) is 12.1. The molecule has 21 heavy (non-hydrogen) atoms. The molecule has 124 valence electrons. The number of hydrogen-bond donors (Lipinski definition) is 3. The maximum Gasteiger partial charge on any atom is 0.217 e. The highest BCUT2D eigenvalue weighted by molar-refractivity contribution is 6.74. The van der Waals surface area contributed by atoms with Gasteiger partial charge in [-0.25, -0.2) is 0 Å². The number of carbonyl (C=O) groups excluding carboxylic acids is 1. The SMILES string of the molecule is CC(=O)N[C@@H]1C[C@H](O)[C@@H](CO[Si](C)(C)C(C)(C)C)O[C@@H]1O. The highest BCUT2D eigenvalue weighted by Crippen LogP contribution is 2.37. The Balaban J connectivity index is 2.57. The van der Waals surface area contributed by atoms with Crippen LogP contribution in [0.4, 0.5) is 0 Å². The molecule has 1 aliphatic rings. The van der Waals surface area contributed by atoms with Crippen LogP contribution in [0.3, 0.4) is 0 Å². The Bertz CT molecular complexity index is 369. The van der Waals surface area contributed by atoms with Crippen LogP contribution in [0.1, 0.15) is 34.1 Å². The van der Waals surface area contributed by atoms with Gasteiger partial charge in [-0.15, -0.1) is 0 Å². The van der Waals surface area contributed by atoms with Crippen LogP contribution in [0, 0.1) is 0 Å². The highest BCUT2D eigenvalue weighted by atomic mass is 28.4. The normalized spacial score (nSPS) is 31.0. The molecule has 0 spiro atoms. The summed E-state index contributed by atoms with van der Waals surface area (Å²) in [5, 5.41) is 22.7. The monoisotopic (exact) mass is 319 g/mol. The van der Waals surface area contributed by atoms with E-state index < -0.39 is 32.9 Å². The Morgan fingerprint density at radius 1 is 1.38 bits per heavy atom. The summed E-state index contributed by atoms with van der Waals surface area (Å²) in [6.45, 7) is 12.3. The third kappa shape index (κ3) is 5.03. The molecule has 0 unspecified atom stereocenters. The van der Waals surface area contributed by atoms with Crippen molar-refractivity contribution in [3.63, 3.8) is 0 Å². The first-order valence-corrected chi connectivity index (χ1v) is 10.3. The lowest BCUT2D eigenvalue weighted by atomic mass is 10.0. The summed E-state index contributed by atoms with van der Waals surface area (Å²) in [6.07, 6.45) is -2.20. The molecule has 1 aliphatic heterocycles. The topological polar surface area (TPSA) is 88.0 Å². The molecule has 1 amide bonds. The molecule has 1 rings (SSSR count). The number of rotatable bonds is 4. The van der Waals surface area contributed by atoms with E-state index in [9.17, 15) is 15.0 Å². The molecule has 0 aromatic heterocycles. The summed E-state index contributed by atoms with van der Waals surface area (Å²) in [6, 6.07) is -0.582. The lowest BCUT2D eigenvalue weighted by Crippen LogP contribution is -2.56. The molecule has 6 nitrogen and oxygen atoms in total. The fourth-order valence-corrected chi connectivity index (χ4v) is 2.96. The number of hydrogen-bond acceptors (Lipinski definition) is 5. The van der Waals surface area contributed by atoms with E-state index in [1.165, 1.54) is 6.92 Å². The molecule has 0 aromatic carbocycles. The van der Waals surface area contributed by atoms with Gasteiger partial charge >= 0.3 is 0 Å². The van der Waals surface area contributed by atoms with Crippen molar-refractivity contribution in [3.8, 4) is 0 Å². The Kier molecular flexibility index (Phi) is 5.96. The summed E-state index contributed by atoms with van der Waals surface area (Å²) in [7, 11) is -1.93. The predicted molar refractivity (Wildman–Crippen MR) is 82.3 cm³/mol. The van der Waals surface area contributed by atoms with Crippen LogP contribution in [-0.4, -0.2) is 55.6 Å². The van der Waals surface area contributed by atoms with Gasteiger partial charge in [0.25, 0.3) is 0 Å². The largest absolute Gasteiger partial charge is 0.414 e. The average Bonchev–Trinajstić information content (AvgIpc) is 2.29. The van der Waals surface area contributed by atoms with Gasteiger partial charge in [-0.3, -0.25) is 4.79 Å². The van der Waals surface area contributed by atoms with Crippen LogP contribution in [0.5, 0.6) is 0 Å². The minimum absolute atomic E-state index is 0.0734. The van der Waals surface area contributed by atoms with Gasteiger partial charge in [0.2, 0.25) is 5.91 Å². The van der Waals surface area contributed by atoms with E-state index in [1.54, 1.807) is 0 Å². The Morgan fingerprint density at radius 3 is 2.43 bits per heavy atom. The van der Waals surface area contributed by atoms with Gasteiger partial charge in [-0.05, 0) is 18.1 Å². The molecule has 1 heterocycles. The van der Waals surface area contributed by atoms with Crippen molar-refractivity contribution in [1.29, 1.82) is 0 Å². The number of ether oxygens (including phenoxy) is 1. The summed E-state index contributed by atoms with van der Waals surface area (Å²) in [5.74, 6) is -0.258. The Hall–Kier alpha value is -0.473. The first kappa shape index (κ1) is 18.6. The van der Waals surface area contributed by atoms with Crippen LogP contribution < -0.4 is 5.32 Å². The Morgan fingerprint density at radius 2 is 1.95 bits per heavy atom. The van der Waals surface area contributed by atoms with Crippen molar-refractivity contribution >= 4 is 14.2 Å². The number of aliphatic hydroxyl groups excluding tert-OH is 2. The summed E-state index contributed by atoms with van der Waals surface area (Å²) >= 11 is 0. The molecule has 0 bridgehead atoms. The van der Waals surface area contributed by atoms with E-state index in [2.05, 4.69) is 39.2 Å². The van der Waals surface area contributed by atoms with Gasteiger partial charge in [0.15, 0.2) is 14.6 Å². The number of nitrogens with one attached hydrogen (secondary N) is 1. The van der Waals surface area contributed by atoms with Crippen molar-refractivity contribution in [1.82, 2.24) is 5.32 Å². The van der Waals surface area contributed by atoms with E-state index in [-0.39, 0.29) is 24.0 Å². The number of aliphatic hydroxyl groups is 2. The lowest BCUT2D eigenvalue weighted by Gasteiger charge is -2.41. The van der Waals surface area contributed by atoms with Gasteiger partial charge in [-0.2, -0.15) is 0 Å². The molecular weight excluding hydrogens is 290 g/mol. The smallest absolute Gasteiger partial charge is 0.217 e. The fourth-order valence-electron chi connectivity index (χ4n) is 1.94. The molecule has 3 N–H and O–H groups in total. The van der Waals surface area contributed by atoms with Gasteiger partial charge in [0.1, 0.15) is 6.10 Å². The lowest BCUT2D eigenvalue weighted by molar-refractivity contribution is -0.219. The summed E-state index contributed by atoms with van der Waals surface area (Å²) in [4.78, 5) is 11.0. The molecule has 0 radical (unpaired) electrons. The zero-order valence-electron chi connectivity index (χ0n) is 13.8. The Labute approximate surface area is 128 Å². The molecule has 0 aromatic rings. The van der Waals surface area contributed by atoms with Crippen molar-refractivity contribution in [2.45, 2.75) is 76.8 Å². The van der Waals surface area contributed by atoms with Crippen LogP contribution in [-0.2, 0) is 14.0 Å². The van der Waals surface area contributed by atoms with Crippen LogP contribution in [0.2, 0.25) is 18.1 Å². The van der Waals surface area contributed by atoms with Gasteiger partial charge in [-0.1, -0.05) is 20.8 Å². The first-order valence-electron chi connectivity index (χ1n) is 7.36. The summed E-state index contributed by atoms with van der Waals surface area (Å²) in [5.41, 5.74) is 0. The van der Waals surface area contributed by atoms with Gasteiger partial charge in [0, 0.05) is 13.3 Å². The minimum Gasteiger partial charge on any atom is -0.414 e. The van der Waals surface area contributed by atoms with Crippen LogP contribution >= 0.6 is 0 Å². The van der Waals surface area contributed by atoms with Crippen LogP contribution in [0.15, 0.2) is 0 Å². The van der Waals surface area contributed by atoms with Crippen molar-refractivity contribution in [2.75, 3.05) is 6.61 Å². The average molecular weight is 319 g/mol. The van der Waals surface area contributed by atoms with E-state index >= 15 is 0 Å². The number of amides is 1. The van der Waals surface area contributed by atoms with Crippen molar-refractivity contribution in [3.05, 3.63) is 0 Å². The second kappa shape index (κ2) is 6.74. The highest BCUT2D eigenvalue weighted by Gasteiger charge is 2.41. The van der Waals surface area contributed by atoms with E-state index in [0.717, 1.165) is 0 Å². The minimum atomic E-state index is -1.93. The van der Waals surface area contributed by atoms with E-state index in [4.69, 9.17) is 9.16 Å². The van der Waals surface area contributed by atoms with Crippen molar-refractivity contribution < 1.29 is 24.2 Å².